The fraction of sp³-hybridized carbons (Fsp3) is 0.500. The van der Waals surface area contributed by atoms with Crippen LogP contribution in [-0.4, -0.2) is 13.7 Å². The maximum atomic E-state index is 11.1. The minimum Gasteiger partial charge on any atom is -0.248 e. The van der Waals surface area contributed by atoms with Gasteiger partial charge in [0.1, 0.15) is 0 Å². The van der Waals surface area contributed by atoms with Crippen molar-refractivity contribution in [2.75, 3.05) is 0 Å². The van der Waals surface area contributed by atoms with Gasteiger partial charge in [-0.1, -0.05) is 0 Å². The quantitative estimate of drug-likeness (QED) is 0.571. The van der Waals surface area contributed by atoms with E-state index in [2.05, 4.69) is 0 Å². The Kier molecular flexibility index (Phi) is 3.64. The smallest absolute Gasteiger partial charge is 0.248 e. The van der Waals surface area contributed by atoms with Crippen LogP contribution in [0.4, 0.5) is 0 Å². The summed E-state index contributed by atoms with van der Waals surface area (Å²) in [6.07, 6.45) is 0. The number of hydrogen-bond acceptors (Lipinski definition) is 3. The Balaban J connectivity index is -0.000000480. The molecule has 78 valence electrons. The predicted octanol–water partition coefficient (Wildman–Crippen LogP) is -1.11. The Labute approximate surface area is 93.4 Å². The van der Waals surface area contributed by atoms with Gasteiger partial charge in [-0.25, -0.2) is 28.1 Å². The van der Waals surface area contributed by atoms with E-state index in [9.17, 15) is 14.4 Å². The summed E-state index contributed by atoms with van der Waals surface area (Å²) in [6.45, 7) is 0. The monoisotopic (exact) mass is 303 g/mol. The van der Waals surface area contributed by atoms with E-state index in [1.807, 2.05) is 0 Å². The molecular formula is C6H14IN3O3. The van der Waals surface area contributed by atoms with Crippen molar-refractivity contribution in [3.63, 3.8) is 0 Å². The lowest BCUT2D eigenvalue weighted by Crippen LogP contribution is -2.51. The van der Waals surface area contributed by atoms with Crippen molar-refractivity contribution in [3.8, 4) is 0 Å². The lowest BCUT2D eigenvalue weighted by atomic mass is 10.8. The minimum absolute atomic E-state index is 0. The first kappa shape index (κ1) is 12.1. The van der Waals surface area contributed by atoms with Gasteiger partial charge in [0.15, 0.2) is 0 Å². The van der Waals surface area contributed by atoms with E-state index in [1.54, 1.807) is 0 Å². The van der Waals surface area contributed by atoms with Crippen LogP contribution >= 0.6 is 24.0 Å². The molecular weight excluding hydrogens is 289 g/mol. The highest BCUT2D eigenvalue weighted by Crippen LogP contribution is 1.58. The Morgan fingerprint density at radius 1 is 0.769 bits per heavy atom. The summed E-state index contributed by atoms with van der Waals surface area (Å²) in [7, 11) is 3.97. The molecule has 0 N–H and O–H groups in total. The molecule has 1 aromatic heterocycles. The van der Waals surface area contributed by atoms with Gasteiger partial charge >= 0.3 is 17.1 Å². The zero-order valence-corrected chi connectivity index (χ0v) is 9.80. The van der Waals surface area contributed by atoms with Gasteiger partial charge in [-0.15, -0.1) is 24.0 Å². The first-order valence-electron chi connectivity index (χ1n) is 3.30. The SMILES string of the molecule is Cn1c(=O)n(C)c(=O)n(C)c1=O.I.[HH].[HH]. The Morgan fingerprint density at radius 2 is 0.923 bits per heavy atom. The van der Waals surface area contributed by atoms with Crippen molar-refractivity contribution in [2.24, 2.45) is 21.1 Å². The largest absolute Gasteiger partial charge is 0.335 e. The molecule has 1 aromatic rings. The zero-order chi connectivity index (χ0) is 9.46. The molecule has 1 rings (SSSR count). The van der Waals surface area contributed by atoms with Crippen molar-refractivity contribution >= 4 is 24.0 Å². The van der Waals surface area contributed by atoms with Crippen molar-refractivity contribution in [3.05, 3.63) is 31.5 Å². The van der Waals surface area contributed by atoms with Crippen LogP contribution in [0.25, 0.3) is 0 Å². The van der Waals surface area contributed by atoms with Gasteiger partial charge in [0.2, 0.25) is 0 Å². The second kappa shape index (κ2) is 3.90. The summed E-state index contributed by atoms with van der Waals surface area (Å²) >= 11 is 0. The average Bonchev–Trinajstić information content (AvgIpc) is 2.08. The van der Waals surface area contributed by atoms with E-state index in [0.717, 1.165) is 13.7 Å². The van der Waals surface area contributed by atoms with Gasteiger partial charge in [0.05, 0.1) is 0 Å². The lowest BCUT2D eigenvalue weighted by molar-refractivity contribution is 0.551. The standard InChI is InChI=1S/C6H9N3O3.HI.2H2/c1-7-4(10)8(2)6(12)9(3)5(7)11;;;/h1-3H3;3*1H. The lowest BCUT2D eigenvalue weighted by Gasteiger charge is -2.02. The fourth-order valence-corrected chi connectivity index (χ4v) is 0.920. The summed E-state index contributed by atoms with van der Waals surface area (Å²) in [5.74, 6) is 0. The highest BCUT2D eigenvalue weighted by atomic mass is 127. The molecule has 0 bridgehead atoms. The van der Waals surface area contributed by atoms with Crippen molar-refractivity contribution in [1.29, 1.82) is 0 Å². The van der Waals surface area contributed by atoms with Gasteiger partial charge in [-0.05, 0) is 0 Å². The van der Waals surface area contributed by atoms with Crippen LogP contribution < -0.4 is 17.1 Å². The van der Waals surface area contributed by atoms with Gasteiger partial charge in [0.25, 0.3) is 0 Å². The van der Waals surface area contributed by atoms with E-state index in [4.69, 9.17) is 0 Å². The van der Waals surface area contributed by atoms with Crippen molar-refractivity contribution in [2.45, 2.75) is 0 Å². The van der Waals surface area contributed by atoms with E-state index >= 15 is 0 Å². The topological polar surface area (TPSA) is 66.0 Å². The highest BCUT2D eigenvalue weighted by Gasteiger charge is 2.05. The van der Waals surface area contributed by atoms with Crippen LogP contribution in [0.2, 0.25) is 0 Å². The first-order chi connectivity index (χ1) is 5.46. The Bertz CT molecular complexity index is 388. The molecule has 0 aliphatic rings. The van der Waals surface area contributed by atoms with Crippen LogP contribution in [0, 0.1) is 0 Å². The third-order valence-corrected chi connectivity index (χ3v) is 1.72. The number of rotatable bonds is 0. The minimum atomic E-state index is -0.608. The number of halogens is 1. The Morgan fingerprint density at radius 3 is 1.08 bits per heavy atom. The molecule has 0 amide bonds. The van der Waals surface area contributed by atoms with E-state index in [0.29, 0.717) is 0 Å². The van der Waals surface area contributed by atoms with Crippen LogP contribution in [0.1, 0.15) is 2.85 Å². The van der Waals surface area contributed by atoms with Crippen molar-refractivity contribution < 1.29 is 2.85 Å². The van der Waals surface area contributed by atoms with Crippen molar-refractivity contribution in [1.82, 2.24) is 13.7 Å². The van der Waals surface area contributed by atoms with E-state index in [1.165, 1.54) is 21.1 Å². The summed E-state index contributed by atoms with van der Waals surface area (Å²) in [5.41, 5.74) is -1.82. The summed E-state index contributed by atoms with van der Waals surface area (Å²) in [4.78, 5) is 33.2. The highest BCUT2D eigenvalue weighted by molar-refractivity contribution is 14.0. The second-order valence-corrected chi connectivity index (χ2v) is 2.52. The summed E-state index contributed by atoms with van der Waals surface area (Å²) < 4.78 is 2.63. The average molecular weight is 303 g/mol. The van der Waals surface area contributed by atoms with Gasteiger partial charge in [-0.2, -0.15) is 0 Å². The second-order valence-electron chi connectivity index (χ2n) is 2.52. The van der Waals surface area contributed by atoms with E-state index < -0.39 is 17.1 Å². The molecule has 0 radical (unpaired) electrons. The van der Waals surface area contributed by atoms with Crippen LogP contribution in [0.5, 0.6) is 0 Å². The summed E-state index contributed by atoms with van der Waals surface area (Å²) in [5, 5.41) is 0. The number of hydrogen-bond donors (Lipinski definition) is 0. The third-order valence-electron chi connectivity index (χ3n) is 1.72. The Hall–Kier alpha value is -0.860. The molecule has 0 saturated heterocycles. The number of nitrogens with zero attached hydrogens (tertiary/aromatic N) is 3. The van der Waals surface area contributed by atoms with E-state index in [-0.39, 0.29) is 26.8 Å². The summed E-state index contributed by atoms with van der Waals surface area (Å²) in [6, 6.07) is 0. The van der Waals surface area contributed by atoms with Crippen LogP contribution in [-0.2, 0) is 21.1 Å². The molecule has 7 heteroatoms. The molecule has 0 aliphatic heterocycles. The normalized spacial score (nSPS) is 9.46. The zero-order valence-electron chi connectivity index (χ0n) is 7.47. The molecule has 0 saturated carbocycles. The number of aromatic nitrogens is 3. The first-order valence-corrected chi connectivity index (χ1v) is 3.30. The predicted molar refractivity (Wildman–Crippen MR) is 61.8 cm³/mol. The van der Waals surface area contributed by atoms with Gasteiger partial charge in [-0.3, -0.25) is 0 Å². The molecule has 0 unspecified atom stereocenters. The molecule has 0 aromatic carbocycles. The molecule has 0 fully saturated rings. The molecule has 6 nitrogen and oxygen atoms in total. The molecule has 0 aliphatic carbocycles. The van der Waals surface area contributed by atoms with Crippen LogP contribution in [0.15, 0.2) is 14.4 Å². The molecule has 1 heterocycles. The van der Waals surface area contributed by atoms with Crippen LogP contribution in [0.3, 0.4) is 0 Å². The van der Waals surface area contributed by atoms with Gasteiger partial charge in [0, 0.05) is 24.0 Å². The molecule has 0 atom stereocenters. The molecule has 13 heavy (non-hydrogen) atoms. The third kappa shape index (κ3) is 1.74. The van der Waals surface area contributed by atoms with Gasteiger partial charge < -0.3 is 0 Å². The fourth-order valence-electron chi connectivity index (χ4n) is 0.920. The maximum absolute atomic E-state index is 11.1. The maximum Gasteiger partial charge on any atom is 0.335 e. The molecule has 0 spiro atoms.